The maximum absolute atomic E-state index is 13.4. The SMILES string of the molecule is Cc1ccc(N(CCCC(=O)N(Cc2ccc(Cl)cc2Cl)[C@@H](C)C(=O)NC(C)(C)C)S(C)(=O)=O)cc1C. The van der Waals surface area contributed by atoms with Crippen molar-refractivity contribution in [2.24, 2.45) is 0 Å². The fourth-order valence-corrected chi connectivity index (χ4v) is 5.20. The van der Waals surface area contributed by atoms with Crippen LogP contribution in [-0.2, 0) is 26.2 Å². The van der Waals surface area contributed by atoms with Crippen LogP contribution in [0, 0.1) is 13.8 Å². The number of nitrogens with zero attached hydrogens (tertiary/aromatic N) is 2. The van der Waals surface area contributed by atoms with Crippen LogP contribution in [0.15, 0.2) is 36.4 Å². The summed E-state index contributed by atoms with van der Waals surface area (Å²) in [4.78, 5) is 27.8. The molecule has 0 unspecified atom stereocenters. The lowest BCUT2D eigenvalue weighted by Gasteiger charge is -2.32. The fourth-order valence-electron chi connectivity index (χ4n) is 3.77. The smallest absolute Gasteiger partial charge is 0.242 e. The summed E-state index contributed by atoms with van der Waals surface area (Å²) in [5.74, 6) is -0.574. The third-order valence-corrected chi connectivity index (χ3v) is 7.73. The van der Waals surface area contributed by atoms with Crippen LogP contribution in [0.1, 0.15) is 57.2 Å². The molecule has 2 aromatic carbocycles. The monoisotopic (exact) mass is 569 g/mol. The minimum absolute atomic E-state index is 0.0508. The molecule has 0 aliphatic carbocycles. The molecule has 0 aliphatic rings. The number of carbonyl (C=O) groups is 2. The van der Waals surface area contributed by atoms with Gasteiger partial charge in [-0.15, -0.1) is 0 Å². The number of halogens is 2. The number of carbonyl (C=O) groups excluding carboxylic acids is 2. The van der Waals surface area contributed by atoms with Gasteiger partial charge in [0.25, 0.3) is 0 Å². The number of rotatable bonds is 10. The van der Waals surface area contributed by atoms with Crippen molar-refractivity contribution in [2.45, 2.75) is 72.5 Å². The molecular formula is C27H37Cl2N3O4S. The number of sulfonamides is 1. The van der Waals surface area contributed by atoms with Crippen LogP contribution in [0.3, 0.4) is 0 Å². The van der Waals surface area contributed by atoms with Gasteiger partial charge in [-0.1, -0.05) is 35.3 Å². The van der Waals surface area contributed by atoms with E-state index in [1.54, 1.807) is 31.2 Å². The molecule has 0 aromatic heterocycles. The van der Waals surface area contributed by atoms with Crippen molar-refractivity contribution in [3.05, 3.63) is 63.1 Å². The van der Waals surface area contributed by atoms with Crippen LogP contribution in [-0.4, -0.2) is 49.5 Å². The Hall–Kier alpha value is -2.29. The molecule has 7 nitrogen and oxygen atoms in total. The molecule has 37 heavy (non-hydrogen) atoms. The van der Waals surface area contributed by atoms with Crippen LogP contribution in [0.25, 0.3) is 0 Å². The molecular weight excluding hydrogens is 533 g/mol. The Morgan fingerprint density at radius 3 is 2.22 bits per heavy atom. The van der Waals surface area contributed by atoms with Crippen molar-refractivity contribution in [3.63, 3.8) is 0 Å². The zero-order valence-electron chi connectivity index (χ0n) is 22.6. The molecule has 0 fully saturated rings. The van der Waals surface area contributed by atoms with Gasteiger partial charge in [-0.3, -0.25) is 13.9 Å². The van der Waals surface area contributed by atoms with Gasteiger partial charge in [0.15, 0.2) is 0 Å². The number of nitrogens with one attached hydrogen (secondary N) is 1. The molecule has 0 bridgehead atoms. The van der Waals surface area contributed by atoms with E-state index in [1.807, 2.05) is 46.8 Å². The lowest BCUT2D eigenvalue weighted by Crippen LogP contribution is -2.52. The highest BCUT2D eigenvalue weighted by Gasteiger charge is 2.29. The Bertz CT molecular complexity index is 1240. The summed E-state index contributed by atoms with van der Waals surface area (Å²) in [7, 11) is -3.56. The second kappa shape index (κ2) is 12.5. The Morgan fingerprint density at radius 2 is 1.68 bits per heavy atom. The molecule has 10 heteroatoms. The van der Waals surface area contributed by atoms with Gasteiger partial charge in [0, 0.05) is 35.1 Å². The van der Waals surface area contributed by atoms with E-state index in [2.05, 4.69) is 5.32 Å². The number of hydrogen-bond acceptors (Lipinski definition) is 4. The standard InChI is InChI=1S/C27H37Cl2N3O4S/c1-18-10-13-23(15-19(18)2)32(37(7,35)36)14-8-9-25(33)31(20(3)26(34)30-27(4,5)6)17-21-11-12-22(28)16-24(21)29/h10-13,15-16,20H,8-9,14,17H2,1-7H3,(H,30,34)/t20-/m0/s1. The molecule has 0 saturated heterocycles. The summed E-state index contributed by atoms with van der Waals surface area (Å²) in [6.45, 7) is 11.4. The average molecular weight is 571 g/mol. The van der Waals surface area contributed by atoms with Crippen molar-refractivity contribution >= 4 is 50.7 Å². The van der Waals surface area contributed by atoms with E-state index < -0.39 is 21.6 Å². The third-order valence-electron chi connectivity index (χ3n) is 5.95. The van der Waals surface area contributed by atoms with Gasteiger partial charge in [-0.25, -0.2) is 8.42 Å². The normalized spacial score (nSPS) is 12.7. The summed E-state index contributed by atoms with van der Waals surface area (Å²) < 4.78 is 26.4. The minimum Gasteiger partial charge on any atom is -0.350 e. The number of benzene rings is 2. The molecule has 1 N–H and O–H groups in total. The highest BCUT2D eigenvalue weighted by Crippen LogP contribution is 2.25. The van der Waals surface area contributed by atoms with Gasteiger partial charge in [-0.2, -0.15) is 0 Å². The summed E-state index contributed by atoms with van der Waals surface area (Å²) in [5, 5.41) is 3.78. The van der Waals surface area contributed by atoms with E-state index in [9.17, 15) is 18.0 Å². The summed E-state index contributed by atoms with van der Waals surface area (Å²) >= 11 is 12.4. The topological polar surface area (TPSA) is 86.8 Å². The Kier molecular flexibility index (Phi) is 10.5. The molecule has 0 spiro atoms. The first-order valence-electron chi connectivity index (χ1n) is 12.1. The van der Waals surface area contributed by atoms with Crippen LogP contribution in [0.2, 0.25) is 10.0 Å². The van der Waals surface area contributed by atoms with Gasteiger partial charge >= 0.3 is 0 Å². The van der Waals surface area contributed by atoms with Crippen molar-refractivity contribution < 1.29 is 18.0 Å². The highest BCUT2D eigenvalue weighted by molar-refractivity contribution is 7.92. The molecule has 2 rings (SSSR count). The summed E-state index contributed by atoms with van der Waals surface area (Å²) in [6.07, 6.45) is 1.48. The van der Waals surface area contributed by atoms with Crippen LogP contribution in [0.4, 0.5) is 5.69 Å². The van der Waals surface area contributed by atoms with Gasteiger partial charge < -0.3 is 10.2 Å². The third kappa shape index (κ3) is 9.20. The molecule has 0 heterocycles. The van der Waals surface area contributed by atoms with Gasteiger partial charge in [0.1, 0.15) is 6.04 Å². The lowest BCUT2D eigenvalue weighted by molar-refractivity contribution is -0.141. The molecule has 0 radical (unpaired) electrons. The zero-order valence-corrected chi connectivity index (χ0v) is 24.9. The summed E-state index contributed by atoms with van der Waals surface area (Å²) in [5.41, 5.74) is 2.78. The molecule has 2 aromatic rings. The Balaban J connectivity index is 2.24. The predicted molar refractivity (Wildman–Crippen MR) is 152 cm³/mol. The van der Waals surface area contributed by atoms with Crippen LogP contribution < -0.4 is 9.62 Å². The van der Waals surface area contributed by atoms with E-state index >= 15 is 0 Å². The number of anilines is 1. The molecule has 0 saturated carbocycles. The largest absolute Gasteiger partial charge is 0.350 e. The molecule has 204 valence electrons. The summed E-state index contributed by atoms with van der Waals surface area (Å²) in [6, 6.07) is 9.69. The zero-order chi connectivity index (χ0) is 28.1. The highest BCUT2D eigenvalue weighted by atomic mass is 35.5. The van der Waals surface area contributed by atoms with Crippen molar-refractivity contribution in [1.82, 2.24) is 10.2 Å². The van der Waals surface area contributed by atoms with Crippen molar-refractivity contribution in [3.8, 4) is 0 Å². The number of amides is 2. The second-order valence-electron chi connectivity index (χ2n) is 10.4. The number of aryl methyl sites for hydroxylation is 2. The Morgan fingerprint density at radius 1 is 1.03 bits per heavy atom. The first-order chi connectivity index (χ1) is 17.0. The van der Waals surface area contributed by atoms with Crippen LogP contribution >= 0.6 is 23.2 Å². The molecule has 1 atom stereocenters. The maximum Gasteiger partial charge on any atom is 0.242 e. The van der Waals surface area contributed by atoms with E-state index in [0.29, 0.717) is 21.3 Å². The van der Waals surface area contributed by atoms with Gasteiger partial charge in [0.2, 0.25) is 21.8 Å². The maximum atomic E-state index is 13.4. The molecule has 0 aliphatic heterocycles. The van der Waals surface area contributed by atoms with Crippen molar-refractivity contribution in [1.29, 1.82) is 0 Å². The van der Waals surface area contributed by atoms with E-state index in [0.717, 1.165) is 17.4 Å². The molecule has 2 amide bonds. The van der Waals surface area contributed by atoms with Crippen molar-refractivity contribution in [2.75, 3.05) is 17.1 Å². The first kappa shape index (κ1) is 30.9. The fraction of sp³-hybridized carbons (Fsp3) is 0.481. The van der Waals surface area contributed by atoms with Gasteiger partial charge in [0.05, 0.1) is 11.9 Å². The Labute approximate surface area is 231 Å². The second-order valence-corrected chi connectivity index (χ2v) is 13.1. The minimum atomic E-state index is -3.56. The van der Waals surface area contributed by atoms with E-state index in [4.69, 9.17) is 23.2 Å². The van der Waals surface area contributed by atoms with Gasteiger partial charge in [-0.05, 0) is 88.9 Å². The number of hydrogen-bond donors (Lipinski definition) is 1. The average Bonchev–Trinajstić information content (AvgIpc) is 2.75. The predicted octanol–water partition coefficient (Wildman–Crippen LogP) is 5.49. The lowest BCUT2D eigenvalue weighted by atomic mass is 10.1. The quantitative estimate of drug-likeness (QED) is 0.410. The first-order valence-corrected chi connectivity index (χ1v) is 14.7. The van der Waals surface area contributed by atoms with E-state index in [-0.39, 0.29) is 37.7 Å². The van der Waals surface area contributed by atoms with Crippen LogP contribution in [0.5, 0.6) is 0 Å². The van der Waals surface area contributed by atoms with E-state index in [1.165, 1.54) is 9.21 Å².